The summed E-state index contributed by atoms with van der Waals surface area (Å²) in [5.41, 5.74) is 10.6. The third-order valence-electron chi connectivity index (χ3n) is 6.43. The number of allylic oxidation sites excluding steroid dienone is 26. The van der Waals surface area contributed by atoms with Crippen molar-refractivity contribution < 1.29 is 0 Å². The Morgan fingerprint density at radius 2 is 0.732 bits per heavy atom. The Morgan fingerprint density at radius 3 is 1.10 bits per heavy atom. The van der Waals surface area contributed by atoms with Gasteiger partial charge in [-0.3, -0.25) is 0 Å². The molecule has 0 N–H and O–H groups in total. The van der Waals surface area contributed by atoms with Crippen molar-refractivity contribution in [2.75, 3.05) is 0 Å². The third-order valence-corrected chi connectivity index (χ3v) is 6.43. The highest BCUT2D eigenvalue weighted by Crippen LogP contribution is 2.10. The first-order valence-electron chi connectivity index (χ1n) is 15.2. The van der Waals surface area contributed by atoms with Crippen LogP contribution in [0.4, 0.5) is 0 Å². The quantitative estimate of drug-likeness (QED) is 0.125. The minimum absolute atomic E-state index is 1.12. The highest BCUT2D eigenvalue weighted by atomic mass is 14.0. The summed E-state index contributed by atoms with van der Waals surface area (Å²) in [6.07, 6.45) is 44.6. The topological polar surface area (TPSA) is 0 Å². The lowest BCUT2D eigenvalue weighted by Crippen LogP contribution is -1.77. The van der Waals surface area contributed by atoms with E-state index in [9.17, 15) is 0 Å². The van der Waals surface area contributed by atoms with Gasteiger partial charge < -0.3 is 0 Å². The van der Waals surface area contributed by atoms with Crippen molar-refractivity contribution >= 4 is 0 Å². The first kappa shape index (κ1) is 37.6. The second kappa shape index (κ2) is 24.4. The first-order chi connectivity index (χ1) is 19.5. The van der Waals surface area contributed by atoms with Gasteiger partial charge in [0.2, 0.25) is 0 Å². The minimum atomic E-state index is 1.12. The van der Waals surface area contributed by atoms with E-state index in [0.29, 0.717) is 0 Å². The van der Waals surface area contributed by atoms with Crippen LogP contribution in [0.15, 0.2) is 154 Å². The van der Waals surface area contributed by atoms with E-state index in [0.717, 1.165) is 32.1 Å². The van der Waals surface area contributed by atoms with Crippen molar-refractivity contribution in [3.8, 4) is 0 Å². The standard InChI is InChI=1S/C41H58/c1-11-35(4)23-15-25-39(8)31-19-33-41(10)30-17-27-37(6)22-13-12-21-36(5)26-16-29-40(9)32-18-28-38(7)24-14-20-34(2)3/h12-13,16-23,26-33H,11,14-15,24-25H2,1-10H3/b13-12+,26-16+,27-17+,32-18+,33-19+,35-23+,36-21+,37-22+,38-28+,39-31+,40-29+,41-30+. The molecule has 0 heterocycles. The van der Waals surface area contributed by atoms with Crippen LogP contribution in [-0.4, -0.2) is 0 Å². The molecule has 0 nitrogen and oxygen atoms in total. The lowest BCUT2D eigenvalue weighted by Gasteiger charge is -1.98. The molecule has 0 aromatic heterocycles. The van der Waals surface area contributed by atoms with E-state index in [1.165, 1.54) is 44.6 Å². The summed E-state index contributed by atoms with van der Waals surface area (Å²) in [5.74, 6) is 0. The first-order valence-corrected chi connectivity index (χ1v) is 15.2. The predicted molar refractivity (Wildman–Crippen MR) is 190 cm³/mol. The van der Waals surface area contributed by atoms with Crippen LogP contribution >= 0.6 is 0 Å². The van der Waals surface area contributed by atoms with E-state index in [1.54, 1.807) is 0 Å². The van der Waals surface area contributed by atoms with E-state index in [2.05, 4.69) is 179 Å². The zero-order valence-electron chi connectivity index (χ0n) is 27.9. The molecule has 0 aliphatic carbocycles. The predicted octanol–water partition coefficient (Wildman–Crippen LogP) is 13.3. The molecule has 0 bridgehead atoms. The number of rotatable bonds is 17. The van der Waals surface area contributed by atoms with Crippen molar-refractivity contribution in [1.82, 2.24) is 0 Å². The molecule has 0 aromatic carbocycles. The largest absolute Gasteiger partial charge is 0.0856 e. The normalized spacial score (nSPS) is 15.6. The summed E-state index contributed by atoms with van der Waals surface area (Å²) >= 11 is 0. The minimum Gasteiger partial charge on any atom is -0.0856 e. The van der Waals surface area contributed by atoms with Gasteiger partial charge in [-0.05, 0) is 94.4 Å². The van der Waals surface area contributed by atoms with Crippen LogP contribution in [0.2, 0.25) is 0 Å². The van der Waals surface area contributed by atoms with Crippen LogP contribution in [0.5, 0.6) is 0 Å². The second-order valence-corrected chi connectivity index (χ2v) is 11.3. The molecule has 0 atom stereocenters. The molecule has 0 spiro atoms. The van der Waals surface area contributed by atoms with Gasteiger partial charge in [-0.1, -0.05) is 161 Å². The fourth-order valence-corrected chi connectivity index (χ4v) is 3.51. The third kappa shape index (κ3) is 25.3. The van der Waals surface area contributed by atoms with Crippen molar-refractivity contribution in [2.45, 2.75) is 101 Å². The monoisotopic (exact) mass is 550 g/mol. The highest BCUT2D eigenvalue weighted by Gasteiger charge is 1.89. The van der Waals surface area contributed by atoms with Crippen LogP contribution in [0.1, 0.15) is 101 Å². The van der Waals surface area contributed by atoms with Gasteiger partial charge in [-0.15, -0.1) is 0 Å². The Morgan fingerprint density at radius 1 is 0.390 bits per heavy atom. The molecular formula is C41H58. The van der Waals surface area contributed by atoms with Crippen molar-refractivity contribution in [3.63, 3.8) is 0 Å². The zero-order valence-corrected chi connectivity index (χ0v) is 27.9. The summed E-state index contributed by atoms with van der Waals surface area (Å²) in [4.78, 5) is 0. The van der Waals surface area contributed by atoms with Gasteiger partial charge in [-0.25, -0.2) is 0 Å². The van der Waals surface area contributed by atoms with E-state index in [-0.39, 0.29) is 0 Å². The summed E-state index contributed by atoms with van der Waals surface area (Å²) in [6.45, 7) is 21.6. The smallest absolute Gasteiger partial charge is 0.0285 e. The zero-order chi connectivity index (χ0) is 30.9. The SMILES string of the molecule is CC/C(C)=C/CC/C(C)=C/C=C/C(C)=C/C=C/C(C)=C/C=C/C=C(C)/C=C/C=C(C)/C=C/C=C(\C)CCC=C(C)C. The molecule has 0 aromatic rings. The van der Waals surface area contributed by atoms with Gasteiger partial charge in [0.25, 0.3) is 0 Å². The van der Waals surface area contributed by atoms with E-state index < -0.39 is 0 Å². The molecule has 0 amide bonds. The molecule has 222 valence electrons. The van der Waals surface area contributed by atoms with Crippen LogP contribution in [-0.2, 0) is 0 Å². The second-order valence-electron chi connectivity index (χ2n) is 11.3. The maximum absolute atomic E-state index is 2.35. The molecule has 0 radical (unpaired) electrons. The molecule has 0 saturated carbocycles. The average Bonchev–Trinajstić information content (AvgIpc) is 2.90. The fourth-order valence-electron chi connectivity index (χ4n) is 3.51. The fraction of sp³-hybridized carbons (Fsp3) is 0.366. The Labute approximate surface area is 254 Å². The summed E-state index contributed by atoms with van der Waals surface area (Å²) in [7, 11) is 0. The van der Waals surface area contributed by atoms with Gasteiger partial charge in [0.1, 0.15) is 0 Å². The van der Waals surface area contributed by atoms with Gasteiger partial charge in [0.15, 0.2) is 0 Å². The Hall–Kier alpha value is -3.38. The number of hydrogen-bond acceptors (Lipinski definition) is 0. The van der Waals surface area contributed by atoms with Gasteiger partial charge >= 0.3 is 0 Å². The van der Waals surface area contributed by atoms with Crippen molar-refractivity contribution in [1.29, 1.82) is 0 Å². The van der Waals surface area contributed by atoms with Crippen LogP contribution in [0.25, 0.3) is 0 Å². The molecule has 0 fully saturated rings. The molecule has 0 aliphatic rings. The van der Waals surface area contributed by atoms with Gasteiger partial charge in [0.05, 0.1) is 0 Å². The maximum Gasteiger partial charge on any atom is -0.0285 e. The maximum atomic E-state index is 2.35. The van der Waals surface area contributed by atoms with Crippen molar-refractivity contribution in [2.24, 2.45) is 0 Å². The Bertz CT molecular complexity index is 1160. The Balaban J connectivity index is 4.70. The van der Waals surface area contributed by atoms with E-state index >= 15 is 0 Å². The van der Waals surface area contributed by atoms with E-state index in [1.807, 2.05) is 0 Å². The number of hydrogen-bond donors (Lipinski definition) is 0. The summed E-state index contributed by atoms with van der Waals surface area (Å²) in [6, 6.07) is 0. The molecule has 0 heteroatoms. The van der Waals surface area contributed by atoms with Crippen LogP contribution in [0.3, 0.4) is 0 Å². The summed E-state index contributed by atoms with van der Waals surface area (Å²) < 4.78 is 0. The van der Waals surface area contributed by atoms with Gasteiger partial charge in [-0.2, -0.15) is 0 Å². The highest BCUT2D eigenvalue weighted by molar-refractivity contribution is 5.32. The molecule has 0 unspecified atom stereocenters. The van der Waals surface area contributed by atoms with Crippen molar-refractivity contribution in [3.05, 3.63) is 154 Å². The van der Waals surface area contributed by atoms with Gasteiger partial charge in [0, 0.05) is 0 Å². The molecule has 0 saturated heterocycles. The van der Waals surface area contributed by atoms with Crippen LogP contribution < -0.4 is 0 Å². The Kier molecular flexibility index (Phi) is 22.4. The molecular weight excluding hydrogens is 492 g/mol. The van der Waals surface area contributed by atoms with E-state index in [4.69, 9.17) is 0 Å². The molecule has 0 aliphatic heterocycles. The molecule has 41 heavy (non-hydrogen) atoms. The van der Waals surface area contributed by atoms with Crippen LogP contribution in [0, 0.1) is 0 Å². The molecule has 0 rings (SSSR count). The summed E-state index contributed by atoms with van der Waals surface area (Å²) in [5, 5.41) is 0. The average molecular weight is 551 g/mol. The lowest BCUT2D eigenvalue weighted by atomic mass is 10.1. The lowest BCUT2D eigenvalue weighted by molar-refractivity contribution is 0.950.